The van der Waals surface area contributed by atoms with Gasteiger partial charge in [-0.25, -0.2) is 9.78 Å². The van der Waals surface area contributed by atoms with Crippen molar-refractivity contribution in [3.63, 3.8) is 0 Å². The van der Waals surface area contributed by atoms with Gasteiger partial charge < -0.3 is 20.0 Å². The number of rotatable bonds is 3. The molecule has 0 aliphatic carbocycles. The van der Waals surface area contributed by atoms with E-state index in [4.69, 9.17) is 0 Å². The Labute approximate surface area is 160 Å². The number of amides is 3. The molecular weight excluding hydrogens is 342 g/mol. The Balaban J connectivity index is 1.39. The van der Waals surface area contributed by atoms with Crippen LogP contribution < -0.4 is 10.2 Å². The summed E-state index contributed by atoms with van der Waals surface area (Å²) in [7, 11) is 0. The number of aromatic nitrogens is 1. The zero-order chi connectivity index (χ0) is 18.8. The van der Waals surface area contributed by atoms with Crippen molar-refractivity contribution in [1.82, 2.24) is 20.1 Å². The lowest BCUT2D eigenvalue weighted by molar-refractivity contribution is 0.0697. The third kappa shape index (κ3) is 3.87. The molecule has 146 valence electrons. The highest BCUT2D eigenvalue weighted by Crippen LogP contribution is 2.23. The summed E-state index contributed by atoms with van der Waals surface area (Å²) in [5.41, 5.74) is 0.667. The van der Waals surface area contributed by atoms with Crippen molar-refractivity contribution in [3.8, 4) is 0 Å². The fraction of sp³-hybridized carbons (Fsp3) is 0.650. The largest absolute Gasteiger partial charge is 0.355 e. The van der Waals surface area contributed by atoms with Crippen molar-refractivity contribution >= 4 is 17.8 Å². The molecule has 0 bridgehead atoms. The second-order valence-electron chi connectivity index (χ2n) is 8.05. The number of anilines is 1. The molecule has 3 aliphatic rings. The van der Waals surface area contributed by atoms with Gasteiger partial charge in [0, 0.05) is 45.5 Å². The number of nitrogens with one attached hydrogen (secondary N) is 1. The third-order valence-corrected chi connectivity index (χ3v) is 6.12. The molecule has 7 nitrogen and oxygen atoms in total. The van der Waals surface area contributed by atoms with E-state index in [0.717, 1.165) is 70.8 Å². The Hall–Kier alpha value is -2.31. The van der Waals surface area contributed by atoms with E-state index in [0.29, 0.717) is 11.5 Å². The molecule has 1 atom stereocenters. The van der Waals surface area contributed by atoms with Crippen molar-refractivity contribution in [3.05, 3.63) is 23.9 Å². The molecule has 0 radical (unpaired) electrons. The Morgan fingerprint density at radius 1 is 1.15 bits per heavy atom. The molecule has 1 unspecified atom stereocenters. The molecule has 3 saturated heterocycles. The van der Waals surface area contributed by atoms with E-state index in [1.807, 2.05) is 21.9 Å². The van der Waals surface area contributed by atoms with Crippen LogP contribution in [0.15, 0.2) is 18.3 Å². The predicted molar refractivity (Wildman–Crippen MR) is 104 cm³/mol. The van der Waals surface area contributed by atoms with E-state index >= 15 is 0 Å². The van der Waals surface area contributed by atoms with Crippen LogP contribution in [0.2, 0.25) is 0 Å². The van der Waals surface area contributed by atoms with Crippen molar-refractivity contribution in [2.75, 3.05) is 44.2 Å². The summed E-state index contributed by atoms with van der Waals surface area (Å²) in [6, 6.07) is 4.13. The summed E-state index contributed by atoms with van der Waals surface area (Å²) in [5.74, 6) is 1.69. The highest BCUT2D eigenvalue weighted by Gasteiger charge is 2.31. The first-order valence-electron chi connectivity index (χ1n) is 10.2. The maximum atomic E-state index is 12.7. The maximum Gasteiger partial charge on any atom is 0.317 e. The van der Waals surface area contributed by atoms with E-state index in [-0.39, 0.29) is 18.0 Å². The van der Waals surface area contributed by atoms with Crippen molar-refractivity contribution in [1.29, 1.82) is 0 Å². The zero-order valence-electron chi connectivity index (χ0n) is 16.1. The number of carbonyl (C=O) groups excluding carboxylic acids is 2. The van der Waals surface area contributed by atoms with E-state index in [1.54, 1.807) is 6.20 Å². The first kappa shape index (κ1) is 18.1. The SMILES string of the molecule is CC1CCN(C(=O)c2ccc(N3CCCC(N4CCNC4=O)C3)nc2)CC1. The summed E-state index contributed by atoms with van der Waals surface area (Å²) in [5, 5.41) is 2.89. The lowest BCUT2D eigenvalue weighted by Gasteiger charge is -2.37. The monoisotopic (exact) mass is 371 g/mol. The van der Waals surface area contributed by atoms with E-state index < -0.39 is 0 Å². The quantitative estimate of drug-likeness (QED) is 0.882. The smallest absolute Gasteiger partial charge is 0.317 e. The first-order valence-corrected chi connectivity index (χ1v) is 10.2. The van der Waals surface area contributed by atoms with Gasteiger partial charge in [-0.15, -0.1) is 0 Å². The second-order valence-corrected chi connectivity index (χ2v) is 8.05. The van der Waals surface area contributed by atoms with Crippen LogP contribution in [-0.4, -0.2) is 72.0 Å². The number of carbonyl (C=O) groups is 2. The van der Waals surface area contributed by atoms with Crippen LogP contribution in [0.1, 0.15) is 43.0 Å². The maximum absolute atomic E-state index is 12.7. The molecule has 1 N–H and O–H groups in total. The van der Waals surface area contributed by atoms with Gasteiger partial charge in [-0.3, -0.25) is 4.79 Å². The van der Waals surface area contributed by atoms with Gasteiger partial charge in [-0.05, 0) is 43.7 Å². The molecule has 4 rings (SSSR count). The number of hydrogen-bond acceptors (Lipinski definition) is 4. The molecule has 1 aromatic rings. The highest BCUT2D eigenvalue weighted by atomic mass is 16.2. The van der Waals surface area contributed by atoms with Gasteiger partial charge in [0.05, 0.1) is 11.6 Å². The van der Waals surface area contributed by atoms with Crippen LogP contribution in [0.25, 0.3) is 0 Å². The minimum atomic E-state index is 0.0478. The minimum absolute atomic E-state index is 0.0478. The number of hydrogen-bond donors (Lipinski definition) is 1. The standard InChI is InChI=1S/C20H29N5O2/c1-15-6-10-23(11-7-15)19(26)16-4-5-18(22-13-16)24-9-2-3-17(14-24)25-12-8-21-20(25)27/h4-5,13,15,17H,2-3,6-12,14H2,1H3,(H,21,27). The van der Waals surface area contributed by atoms with Crippen LogP contribution in [0, 0.1) is 5.92 Å². The fourth-order valence-electron chi connectivity index (χ4n) is 4.35. The molecule has 3 fully saturated rings. The first-order chi connectivity index (χ1) is 13.1. The van der Waals surface area contributed by atoms with E-state index in [2.05, 4.69) is 22.1 Å². The average molecular weight is 371 g/mol. The van der Waals surface area contributed by atoms with Crippen LogP contribution >= 0.6 is 0 Å². The van der Waals surface area contributed by atoms with Gasteiger partial charge in [-0.1, -0.05) is 6.92 Å². The number of nitrogens with zero attached hydrogens (tertiary/aromatic N) is 4. The fourth-order valence-corrected chi connectivity index (χ4v) is 4.35. The number of likely N-dealkylation sites (tertiary alicyclic amines) is 1. The van der Waals surface area contributed by atoms with Crippen molar-refractivity contribution in [2.45, 2.75) is 38.6 Å². The van der Waals surface area contributed by atoms with Crippen LogP contribution in [0.3, 0.4) is 0 Å². The summed E-state index contributed by atoms with van der Waals surface area (Å²) >= 11 is 0. The van der Waals surface area contributed by atoms with Gasteiger partial charge >= 0.3 is 6.03 Å². The average Bonchev–Trinajstić information content (AvgIpc) is 3.14. The zero-order valence-corrected chi connectivity index (χ0v) is 16.1. The molecule has 3 amide bonds. The predicted octanol–water partition coefficient (Wildman–Crippen LogP) is 1.95. The Bertz CT molecular complexity index is 684. The normalized spacial score (nSPS) is 24.3. The van der Waals surface area contributed by atoms with Crippen molar-refractivity contribution < 1.29 is 9.59 Å². The number of urea groups is 1. The minimum Gasteiger partial charge on any atom is -0.355 e. The summed E-state index contributed by atoms with van der Waals surface area (Å²) in [6.45, 7) is 7.19. The molecule has 27 heavy (non-hydrogen) atoms. The van der Waals surface area contributed by atoms with E-state index in [1.165, 1.54) is 0 Å². The summed E-state index contributed by atoms with van der Waals surface area (Å²) < 4.78 is 0. The molecule has 0 saturated carbocycles. The van der Waals surface area contributed by atoms with Crippen LogP contribution in [0.5, 0.6) is 0 Å². The van der Waals surface area contributed by atoms with E-state index in [9.17, 15) is 9.59 Å². The van der Waals surface area contributed by atoms with Gasteiger partial charge in [0.15, 0.2) is 0 Å². The lowest BCUT2D eigenvalue weighted by Crippen LogP contribution is -2.49. The van der Waals surface area contributed by atoms with Crippen molar-refractivity contribution in [2.24, 2.45) is 5.92 Å². The van der Waals surface area contributed by atoms with Crippen LogP contribution in [0.4, 0.5) is 10.6 Å². The lowest BCUT2D eigenvalue weighted by atomic mass is 9.99. The van der Waals surface area contributed by atoms with Gasteiger partial charge in [0.25, 0.3) is 5.91 Å². The molecular formula is C20H29N5O2. The Kier molecular flexibility index (Phi) is 5.18. The number of piperidine rings is 2. The Morgan fingerprint density at radius 3 is 2.63 bits per heavy atom. The summed E-state index contributed by atoms with van der Waals surface area (Å²) in [6.07, 6.45) is 5.95. The number of pyridine rings is 1. The van der Waals surface area contributed by atoms with Gasteiger partial charge in [-0.2, -0.15) is 0 Å². The highest BCUT2D eigenvalue weighted by molar-refractivity contribution is 5.94. The molecule has 4 heterocycles. The topological polar surface area (TPSA) is 68.8 Å². The summed E-state index contributed by atoms with van der Waals surface area (Å²) in [4.78, 5) is 35.3. The van der Waals surface area contributed by atoms with Gasteiger partial charge in [0.1, 0.15) is 5.82 Å². The molecule has 7 heteroatoms. The molecule has 0 aromatic carbocycles. The van der Waals surface area contributed by atoms with Crippen LogP contribution in [-0.2, 0) is 0 Å². The van der Waals surface area contributed by atoms with Gasteiger partial charge in [0.2, 0.25) is 0 Å². The second kappa shape index (κ2) is 7.74. The third-order valence-electron chi connectivity index (χ3n) is 6.12. The Morgan fingerprint density at radius 2 is 1.96 bits per heavy atom. The molecule has 0 spiro atoms. The molecule has 1 aromatic heterocycles. The molecule has 3 aliphatic heterocycles.